The number of hydrogen-bond acceptors (Lipinski definition) is 7. The molecule has 2 fully saturated rings. The van der Waals surface area contributed by atoms with Crippen molar-refractivity contribution in [2.75, 3.05) is 19.8 Å². The number of amides is 1. The van der Waals surface area contributed by atoms with E-state index in [0.717, 1.165) is 34.1 Å². The molecule has 4 rings (SSSR count). The Labute approximate surface area is 222 Å². The van der Waals surface area contributed by atoms with Crippen LogP contribution in [0.3, 0.4) is 0 Å². The molecule has 6 nitrogen and oxygen atoms in total. The lowest BCUT2D eigenvalue weighted by atomic mass is 10.1. The first-order valence-electron chi connectivity index (χ1n) is 10.9. The number of thiocarbonyl (C=S) groups is 1. The van der Waals surface area contributed by atoms with Crippen molar-refractivity contribution in [1.82, 2.24) is 4.90 Å². The third-order valence-corrected chi connectivity index (χ3v) is 7.60. The zero-order valence-electron chi connectivity index (χ0n) is 18.6. The average molecular weight is 607 g/mol. The summed E-state index contributed by atoms with van der Waals surface area (Å²) in [6.07, 6.45) is 3.86. The first kappa shape index (κ1) is 25.0. The van der Waals surface area contributed by atoms with Crippen molar-refractivity contribution in [2.24, 2.45) is 0 Å². The number of carbonyl (C=O) groups is 1. The summed E-state index contributed by atoms with van der Waals surface area (Å²) in [6.45, 7) is 3.87. The van der Waals surface area contributed by atoms with Crippen LogP contribution in [0.1, 0.15) is 36.5 Å². The molecule has 0 aromatic heterocycles. The summed E-state index contributed by atoms with van der Waals surface area (Å²) in [5.41, 5.74) is 2.22. The Bertz CT molecular complexity index is 1170. The summed E-state index contributed by atoms with van der Waals surface area (Å²) < 4.78 is 19.0. The Morgan fingerprint density at radius 3 is 2.91 bits per heavy atom. The normalized spacial score (nSPS) is 19.0. The highest BCUT2D eigenvalue weighted by Crippen LogP contribution is 2.38. The molecule has 2 aliphatic heterocycles. The minimum absolute atomic E-state index is 0.0509. The molecule has 176 valence electrons. The van der Waals surface area contributed by atoms with Gasteiger partial charge in [0.05, 0.1) is 39.4 Å². The molecular weight excluding hydrogens is 583 g/mol. The van der Waals surface area contributed by atoms with Gasteiger partial charge in [-0.3, -0.25) is 9.69 Å². The molecule has 2 saturated heterocycles. The van der Waals surface area contributed by atoms with Gasteiger partial charge in [-0.05, 0) is 72.2 Å². The zero-order chi connectivity index (χ0) is 24.1. The maximum absolute atomic E-state index is 13.0. The van der Waals surface area contributed by atoms with Gasteiger partial charge in [-0.25, -0.2) is 0 Å². The molecule has 0 saturated carbocycles. The van der Waals surface area contributed by atoms with Gasteiger partial charge in [-0.15, -0.1) is 0 Å². The molecule has 0 spiro atoms. The van der Waals surface area contributed by atoms with Gasteiger partial charge in [0.15, 0.2) is 11.5 Å². The van der Waals surface area contributed by atoms with Crippen molar-refractivity contribution in [2.45, 2.75) is 32.5 Å². The van der Waals surface area contributed by atoms with E-state index in [-0.39, 0.29) is 18.6 Å². The number of thioether (sulfide) groups is 1. The van der Waals surface area contributed by atoms with Crippen LogP contribution in [0.5, 0.6) is 11.5 Å². The van der Waals surface area contributed by atoms with E-state index in [2.05, 4.69) is 28.7 Å². The van der Waals surface area contributed by atoms with Gasteiger partial charge >= 0.3 is 0 Å². The second-order valence-corrected chi connectivity index (χ2v) is 10.6. The Kier molecular flexibility index (Phi) is 8.47. The summed E-state index contributed by atoms with van der Waals surface area (Å²) in [6, 6.07) is 13.4. The molecule has 1 amide bonds. The number of rotatable bonds is 8. The molecule has 2 aromatic rings. The van der Waals surface area contributed by atoms with Crippen LogP contribution in [0.25, 0.3) is 6.08 Å². The molecule has 2 aromatic carbocycles. The molecule has 0 aliphatic carbocycles. The van der Waals surface area contributed by atoms with E-state index < -0.39 is 0 Å². The predicted molar refractivity (Wildman–Crippen MR) is 145 cm³/mol. The molecule has 0 bridgehead atoms. The lowest BCUT2D eigenvalue weighted by Crippen LogP contribution is -2.35. The van der Waals surface area contributed by atoms with Crippen molar-refractivity contribution >= 4 is 62.9 Å². The van der Waals surface area contributed by atoms with E-state index in [1.165, 1.54) is 11.8 Å². The standard InChI is InChI=1S/C25H23IN2O4S2/c1-2-30-21-11-16(10-20(26)23(21)32-15-18-7-4-3-6-17(18)13-27)12-22-24(29)28(25(33)34-22)14-19-8-5-9-31-19/h3-4,6-7,10-12,19H,2,5,8-9,14-15H2,1H3/b22-12-/t19-/m0/s1. The number of hydrogen-bond donors (Lipinski definition) is 0. The van der Waals surface area contributed by atoms with E-state index in [1.54, 1.807) is 11.0 Å². The van der Waals surface area contributed by atoms with Crippen molar-refractivity contribution < 1.29 is 19.0 Å². The van der Waals surface area contributed by atoms with Gasteiger partial charge in [0.2, 0.25) is 0 Å². The number of benzene rings is 2. The van der Waals surface area contributed by atoms with E-state index in [9.17, 15) is 10.1 Å². The highest BCUT2D eigenvalue weighted by Gasteiger charge is 2.34. The molecule has 2 heterocycles. The van der Waals surface area contributed by atoms with Crippen LogP contribution in [-0.2, 0) is 16.1 Å². The first-order chi connectivity index (χ1) is 16.5. The van der Waals surface area contributed by atoms with Crippen LogP contribution in [0.2, 0.25) is 0 Å². The Balaban J connectivity index is 1.55. The Hall–Kier alpha value is -2.13. The molecule has 34 heavy (non-hydrogen) atoms. The third kappa shape index (κ3) is 5.74. The molecule has 2 aliphatic rings. The van der Waals surface area contributed by atoms with Gasteiger partial charge < -0.3 is 14.2 Å². The van der Waals surface area contributed by atoms with Crippen LogP contribution in [0, 0.1) is 14.9 Å². The number of halogens is 1. The minimum Gasteiger partial charge on any atom is -0.490 e. The first-order valence-corrected chi connectivity index (χ1v) is 13.2. The Morgan fingerprint density at radius 2 is 2.18 bits per heavy atom. The number of ether oxygens (including phenoxy) is 3. The number of nitrogens with zero attached hydrogens (tertiary/aromatic N) is 2. The van der Waals surface area contributed by atoms with E-state index in [4.69, 9.17) is 26.4 Å². The van der Waals surface area contributed by atoms with Crippen LogP contribution < -0.4 is 9.47 Å². The van der Waals surface area contributed by atoms with Crippen molar-refractivity contribution in [3.8, 4) is 17.6 Å². The monoisotopic (exact) mass is 606 g/mol. The second-order valence-electron chi connectivity index (χ2n) is 7.75. The predicted octanol–water partition coefficient (Wildman–Crippen LogP) is 5.52. The highest BCUT2D eigenvalue weighted by atomic mass is 127. The quantitative estimate of drug-likeness (QED) is 0.223. The van der Waals surface area contributed by atoms with E-state index >= 15 is 0 Å². The fourth-order valence-electron chi connectivity index (χ4n) is 3.78. The highest BCUT2D eigenvalue weighted by molar-refractivity contribution is 14.1. The molecule has 9 heteroatoms. The van der Waals surface area contributed by atoms with Crippen LogP contribution in [0.4, 0.5) is 0 Å². The van der Waals surface area contributed by atoms with E-state index in [1.807, 2.05) is 43.3 Å². The summed E-state index contributed by atoms with van der Waals surface area (Å²) in [5, 5.41) is 9.33. The fourth-order valence-corrected chi connectivity index (χ4v) is 5.84. The molecule has 0 radical (unpaired) electrons. The molecule has 0 unspecified atom stereocenters. The minimum atomic E-state index is -0.0908. The lowest BCUT2D eigenvalue weighted by Gasteiger charge is -2.18. The zero-order valence-corrected chi connectivity index (χ0v) is 22.4. The van der Waals surface area contributed by atoms with Gasteiger partial charge in [-0.2, -0.15) is 5.26 Å². The topological polar surface area (TPSA) is 71.8 Å². The summed E-state index contributed by atoms with van der Waals surface area (Å²) in [4.78, 5) is 15.2. The third-order valence-electron chi connectivity index (χ3n) is 5.42. The maximum Gasteiger partial charge on any atom is 0.266 e. The average Bonchev–Trinajstić information content (AvgIpc) is 3.43. The number of carbonyl (C=O) groups excluding carboxylic acids is 1. The smallest absolute Gasteiger partial charge is 0.266 e. The van der Waals surface area contributed by atoms with Gasteiger partial charge in [0.1, 0.15) is 10.9 Å². The van der Waals surface area contributed by atoms with Crippen LogP contribution >= 0.6 is 46.6 Å². The molecule has 0 N–H and O–H groups in total. The lowest BCUT2D eigenvalue weighted by molar-refractivity contribution is -0.123. The fraction of sp³-hybridized carbons (Fsp3) is 0.320. The summed E-state index contributed by atoms with van der Waals surface area (Å²) >= 11 is 8.97. The molecular formula is C25H23IN2O4S2. The Morgan fingerprint density at radius 1 is 1.35 bits per heavy atom. The summed E-state index contributed by atoms with van der Waals surface area (Å²) in [7, 11) is 0. The van der Waals surface area contributed by atoms with Crippen molar-refractivity contribution in [1.29, 1.82) is 5.26 Å². The van der Waals surface area contributed by atoms with Crippen LogP contribution in [0.15, 0.2) is 41.3 Å². The largest absolute Gasteiger partial charge is 0.490 e. The molecule has 1 atom stereocenters. The van der Waals surface area contributed by atoms with Crippen molar-refractivity contribution in [3.05, 3.63) is 61.6 Å². The maximum atomic E-state index is 13.0. The second kappa shape index (κ2) is 11.5. The van der Waals surface area contributed by atoms with E-state index in [0.29, 0.717) is 39.4 Å². The van der Waals surface area contributed by atoms with Gasteiger partial charge in [0, 0.05) is 12.2 Å². The van der Waals surface area contributed by atoms with Crippen LogP contribution in [-0.4, -0.2) is 41.0 Å². The number of nitriles is 1. The van der Waals surface area contributed by atoms with Gasteiger partial charge in [-0.1, -0.05) is 42.2 Å². The van der Waals surface area contributed by atoms with Crippen molar-refractivity contribution in [3.63, 3.8) is 0 Å². The summed E-state index contributed by atoms with van der Waals surface area (Å²) in [5.74, 6) is 1.11. The SMILES string of the molecule is CCOc1cc(/C=C2\SC(=S)N(C[C@@H]3CCCO3)C2=O)cc(I)c1OCc1ccccc1C#N. The van der Waals surface area contributed by atoms with Gasteiger partial charge in [0.25, 0.3) is 5.91 Å².